The van der Waals surface area contributed by atoms with Crippen molar-refractivity contribution in [3.63, 3.8) is 0 Å². The molecule has 0 radical (unpaired) electrons. The number of aryl methyl sites for hydroxylation is 1. The second kappa shape index (κ2) is 7.59. The first-order chi connectivity index (χ1) is 12.2. The van der Waals surface area contributed by atoms with Crippen LogP contribution in [-0.4, -0.2) is 32.5 Å². The van der Waals surface area contributed by atoms with Gasteiger partial charge in [-0.25, -0.2) is 9.78 Å². The molecule has 0 bridgehead atoms. The van der Waals surface area contributed by atoms with E-state index in [-0.39, 0.29) is 6.61 Å². The summed E-state index contributed by atoms with van der Waals surface area (Å²) >= 11 is 0. The lowest BCUT2D eigenvalue weighted by Crippen LogP contribution is -2.34. The smallest absolute Gasteiger partial charge is 0.319 e. The molecule has 3 aromatic rings. The van der Waals surface area contributed by atoms with Crippen LogP contribution in [0, 0.1) is 0 Å². The van der Waals surface area contributed by atoms with Gasteiger partial charge in [-0.2, -0.15) is 5.10 Å². The van der Waals surface area contributed by atoms with Gasteiger partial charge in [0.15, 0.2) is 5.82 Å². The van der Waals surface area contributed by atoms with Crippen molar-refractivity contribution in [2.75, 3.05) is 11.9 Å². The highest BCUT2D eigenvalue weighted by atomic mass is 16.3. The van der Waals surface area contributed by atoms with E-state index in [1.807, 2.05) is 42.5 Å². The Morgan fingerprint density at radius 2 is 2.00 bits per heavy atom. The summed E-state index contributed by atoms with van der Waals surface area (Å²) < 4.78 is 1.62. The van der Waals surface area contributed by atoms with Crippen LogP contribution >= 0.6 is 0 Å². The first-order valence-corrected chi connectivity index (χ1v) is 7.85. The van der Waals surface area contributed by atoms with Crippen LogP contribution < -0.4 is 10.6 Å². The summed E-state index contributed by atoms with van der Waals surface area (Å²) in [7, 11) is 1.80. The molecule has 3 N–H and O–H groups in total. The van der Waals surface area contributed by atoms with E-state index in [1.54, 1.807) is 30.2 Å². The molecule has 7 nitrogen and oxygen atoms in total. The van der Waals surface area contributed by atoms with E-state index >= 15 is 0 Å². The molecule has 0 aliphatic rings. The topological polar surface area (TPSA) is 92.1 Å². The molecule has 1 aromatic heterocycles. The van der Waals surface area contributed by atoms with E-state index in [1.165, 1.54) is 0 Å². The fourth-order valence-corrected chi connectivity index (χ4v) is 2.45. The van der Waals surface area contributed by atoms with Gasteiger partial charge in [0.2, 0.25) is 0 Å². The van der Waals surface area contributed by atoms with Crippen molar-refractivity contribution in [1.82, 2.24) is 20.1 Å². The van der Waals surface area contributed by atoms with Gasteiger partial charge < -0.3 is 15.7 Å². The summed E-state index contributed by atoms with van der Waals surface area (Å²) in [5.41, 5.74) is 2.26. The Morgan fingerprint density at radius 1 is 1.20 bits per heavy atom. The Hall–Kier alpha value is -3.19. The van der Waals surface area contributed by atoms with Crippen molar-refractivity contribution in [3.05, 3.63) is 66.5 Å². The van der Waals surface area contributed by atoms with Gasteiger partial charge in [-0.05, 0) is 17.7 Å². The van der Waals surface area contributed by atoms with Crippen molar-refractivity contribution in [1.29, 1.82) is 0 Å². The summed E-state index contributed by atoms with van der Waals surface area (Å²) in [6, 6.07) is 15.7. The van der Waals surface area contributed by atoms with Gasteiger partial charge >= 0.3 is 6.03 Å². The fraction of sp³-hybridized carbons (Fsp3) is 0.167. The summed E-state index contributed by atoms with van der Waals surface area (Å²) in [5, 5.41) is 19.3. The van der Waals surface area contributed by atoms with E-state index in [0.29, 0.717) is 11.5 Å². The molecule has 0 unspecified atom stereocenters. The van der Waals surface area contributed by atoms with Gasteiger partial charge in [-0.1, -0.05) is 42.5 Å². The number of nitrogens with zero attached hydrogens (tertiary/aromatic N) is 3. The van der Waals surface area contributed by atoms with Crippen molar-refractivity contribution in [2.45, 2.75) is 6.04 Å². The Morgan fingerprint density at radius 3 is 2.68 bits per heavy atom. The number of carbonyl (C=O) groups is 1. The molecule has 0 spiro atoms. The van der Waals surface area contributed by atoms with Gasteiger partial charge in [-0.3, -0.25) is 4.68 Å². The number of amides is 2. The van der Waals surface area contributed by atoms with E-state index in [2.05, 4.69) is 20.7 Å². The number of aromatic nitrogens is 3. The molecule has 0 saturated carbocycles. The van der Waals surface area contributed by atoms with E-state index in [0.717, 1.165) is 11.1 Å². The number of anilines is 1. The van der Waals surface area contributed by atoms with Gasteiger partial charge in [0, 0.05) is 18.3 Å². The predicted molar refractivity (Wildman–Crippen MR) is 94.9 cm³/mol. The number of aliphatic hydroxyl groups is 1. The number of benzene rings is 2. The summed E-state index contributed by atoms with van der Waals surface area (Å²) in [6.45, 7) is -0.185. The van der Waals surface area contributed by atoms with Crippen molar-refractivity contribution >= 4 is 11.7 Å². The minimum Gasteiger partial charge on any atom is -0.394 e. The third kappa shape index (κ3) is 4.21. The monoisotopic (exact) mass is 337 g/mol. The first kappa shape index (κ1) is 16.7. The Kier molecular flexibility index (Phi) is 5.06. The average Bonchev–Trinajstić information content (AvgIpc) is 3.07. The second-order valence-electron chi connectivity index (χ2n) is 5.57. The summed E-state index contributed by atoms with van der Waals surface area (Å²) in [4.78, 5) is 16.4. The molecule has 2 aromatic carbocycles. The maximum absolute atomic E-state index is 12.2. The third-order valence-corrected chi connectivity index (χ3v) is 3.67. The molecule has 128 valence electrons. The highest BCUT2D eigenvalue weighted by Gasteiger charge is 2.13. The van der Waals surface area contributed by atoms with Crippen LogP contribution in [0.2, 0.25) is 0 Å². The van der Waals surface area contributed by atoms with Gasteiger partial charge in [0.05, 0.1) is 12.6 Å². The van der Waals surface area contributed by atoms with Crippen molar-refractivity contribution < 1.29 is 9.90 Å². The van der Waals surface area contributed by atoms with Crippen LogP contribution in [0.5, 0.6) is 0 Å². The lowest BCUT2D eigenvalue weighted by molar-refractivity contribution is 0.225. The van der Waals surface area contributed by atoms with Gasteiger partial charge in [0.25, 0.3) is 0 Å². The van der Waals surface area contributed by atoms with Crippen molar-refractivity contribution in [3.8, 4) is 11.4 Å². The number of carbonyl (C=O) groups excluding carboxylic acids is 1. The standard InChI is InChI=1S/C18H19N5O2/c1-23-12-19-17(22-23)14-8-5-9-15(10-14)20-18(25)21-16(11-24)13-6-3-2-4-7-13/h2-10,12,16,24H,11H2,1H3,(H2,20,21,25)/t16-/m1/s1. The van der Waals surface area contributed by atoms with Crippen LogP contribution in [0.15, 0.2) is 60.9 Å². The molecule has 25 heavy (non-hydrogen) atoms. The van der Waals surface area contributed by atoms with E-state index < -0.39 is 12.1 Å². The van der Waals surface area contributed by atoms with Crippen LogP contribution in [0.3, 0.4) is 0 Å². The molecule has 0 aliphatic carbocycles. The Labute approximate surface area is 145 Å². The lowest BCUT2D eigenvalue weighted by atomic mass is 10.1. The highest BCUT2D eigenvalue weighted by Crippen LogP contribution is 2.19. The number of rotatable bonds is 5. The van der Waals surface area contributed by atoms with Gasteiger partial charge in [0.1, 0.15) is 6.33 Å². The quantitative estimate of drug-likeness (QED) is 0.666. The zero-order valence-electron chi connectivity index (χ0n) is 13.8. The second-order valence-corrected chi connectivity index (χ2v) is 5.57. The number of hydrogen-bond acceptors (Lipinski definition) is 4. The number of urea groups is 1. The maximum Gasteiger partial charge on any atom is 0.319 e. The molecule has 0 saturated heterocycles. The molecular formula is C18H19N5O2. The normalized spacial score (nSPS) is 11.8. The minimum atomic E-state index is -0.471. The molecule has 1 heterocycles. The summed E-state index contributed by atoms with van der Waals surface area (Å²) in [5.74, 6) is 0.587. The van der Waals surface area contributed by atoms with E-state index in [9.17, 15) is 9.90 Å². The summed E-state index contributed by atoms with van der Waals surface area (Å²) in [6.07, 6.45) is 1.62. The van der Waals surface area contributed by atoms with Crippen LogP contribution in [0.4, 0.5) is 10.5 Å². The molecule has 7 heteroatoms. The van der Waals surface area contributed by atoms with Crippen molar-refractivity contribution in [2.24, 2.45) is 7.05 Å². The molecule has 3 rings (SSSR count). The highest BCUT2D eigenvalue weighted by molar-refractivity contribution is 5.90. The number of aliphatic hydroxyl groups excluding tert-OH is 1. The lowest BCUT2D eigenvalue weighted by Gasteiger charge is -2.17. The Balaban J connectivity index is 1.68. The Bertz CT molecular complexity index is 847. The average molecular weight is 337 g/mol. The van der Waals surface area contributed by atoms with Crippen LogP contribution in [0.25, 0.3) is 11.4 Å². The zero-order chi connectivity index (χ0) is 17.6. The maximum atomic E-state index is 12.2. The minimum absolute atomic E-state index is 0.185. The molecular weight excluding hydrogens is 318 g/mol. The molecule has 2 amide bonds. The number of nitrogens with one attached hydrogen (secondary N) is 2. The molecule has 0 aliphatic heterocycles. The van der Waals surface area contributed by atoms with E-state index in [4.69, 9.17) is 0 Å². The van der Waals surface area contributed by atoms with Gasteiger partial charge in [-0.15, -0.1) is 0 Å². The SMILES string of the molecule is Cn1cnc(-c2cccc(NC(=O)N[C@H](CO)c3ccccc3)c2)n1. The molecule has 0 fully saturated rings. The predicted octanol–water partition coefficient (Wildman–Crippen LogP) is 2.34. The first-order valence-electron chi connectivity index (χ1n) is 7.85. The van der Waals surface area contributed by atoms with Crippen LogP contribution in [-0.2, 0) is 7.05 Å². The number of hydrogen-bond donors (Lipinski definition) is 3. The largest absolute Gasteiger partial charge is 0.394 e. The fourth-order valence-electron chi connectivity index (χ4n) is 2.45. The third-order valence-electron chi connectivity index (χ3n) is 3.67. The van der Waals surface area contributed by atoms with Crippen LogP contribution in [0.1, 0.15) is 11.6 Å². The zero-order valence-corrected chi connectivity index (χ0v) is 13.8. The molecule has 1 atom stereocenters.